The summed E-state index contributed by atoms with van der Waals surface area (Å²) in [5, 5.41) is 9.10. The average molecular weight is 466 g/mol. The number of ether oxygens (including phenoxy) is 2. The normalized spacial score (nSPS) is 18.8. The van der Waals surface area contributed by atoms with E-state index in [2.05, 4.69) is 27.2 Å². The highest BCUT2D eigenvalue weighted by Crippen LogP contribution is 2.36. The molecule has 2 aliphatic heterocycles. The number of hydrogen-bond acceptors (Lipinski definition) is 7. The fourth-order valence-corrected chi connectivity index (χ4v) is 5.05. The predicted molar refractivity (Wildman–Crippen MR) is 127 cm³/mol. The van der Waals surface area contributed by atoms with Gasteiger partial charge in [-0.3, -0.25) is 4.79 Å². The Morgan fingerprint density at radius 2 is 1.70 bits per heavy atom. The minimum atomic E-state index is -0.344. The van der Waals surface area contributed by atoms with Crippen LogP contribution in [0.5, 0.6) is 11.5 Å². The summed E-state index contributed by atoms with van der Waals surface area (Å²) in [6.07, 6.45) is -0.344. The van der Waals surface area contributed by atoms with Crippen LogP contribution in [0.1, 0.15) is 18.9 Å². The molecule has 2 atom stereocenters. The number of hydrogen-bond donors (Lipinski definition) is 0. The predicted octanol–water partition coefficient (Wildman–Crippen LogP) is 3.16. The number of anilines is 1. The molecular weight excluding hydrogens is 438 g/mol. The van der Waals surface area contributed by atoms with E-state index in [4.69, 9.17) is 9.47 Å². The van der Waals surface area contributed by atoms with Crippen LogP contribution in [0, 0.1) is 0 Å². The molecule has 8 nitrogen and oxygen atoms in total. The lowest BCUT2D eigenvalue weighted by atomic mass is 10.2. The molecule has 1 fully saturated rings. The fraction of sp³-hybridized carbons (Fsp3) is 0.375. The van der Waals surface area contributed by atoms with E-state index in [1.165, 1.54) is 17.4 Å². The minimum Gasteiger partial charge on any atom is -0.485 e. The number of rotatable bonds is 5. The van der Waals surface area contributed by atoms with Crippen molar-refractivity contribution < 1.29 is 14.3 Å². The second-order valence-corrected chi connectivity index (χ2v) is 9.48. The molecule has 3 heterocycles. The molecule has 2 aliphatic rings. The number of amides is 1. The van der Waals surface area contributed by atoms with Crippen LogP contribution in [-0.4, -0.2) is 63.6 Å². The first-order valence-electron chi connectivity index (χ1n) is 11.1. The molecule has 0 N–H and O–H groups in total. The summed E-state index contributed by atoms with van der Waals surface area (Å²) in [7, 11) is 1.90. The van der Waals surface area contributed by atoms with Gasteiger partial charge < -0.3 is 23.8 Å². The van der Waals surface area contributed by atoms with Gasteiger partial charge in [0.15, 0.2) is 28.6 Å². The van der Waals surface area contributed by atoms with Gasteiger partial charge in [0.2, 0.25) is 5.91 Å². The molecule has 0 aliphatic carbocycles. The highest BCUT2D eigenvalue weighted by molar-refractivity contribution is 8.00. The van der Waals surface area contributed by atoms with Crippen molar-refractivity contribution in [2.45, 2.75) is 23.4 Å². The van der Waals surface area contributed by atoms with Crippen LogP contribution in [0.4, 0.5) is 5.69 Å². The molecule has 0 saturated carbocycles. The Balaban J connectivity index is 1.19. The van der Waals surface area contributed by atoms with Gasteiger partial charge in [-0.1, -0.05) is 42.1 Å². The SMILES string of the molecule is CC(Sc1nnc(C2COc3ccccc3O2)n1C)C(=O)N1CCN(c2ccccc2)CC1. The van der Waals surface area contributed by atoms with Gasteiger partial charge in [0.05, 0.1) is 5.25 Å². The van der Waals surface area contributed by atoms with E-state index < -0.39 is 0 Å². The number of para-hydroxylation sites is 3. The van der Waals surface area contributed by atoms with Crippen molar-refractivity contribution in [2.75, 3.05) is 37.7 Å². The summed E-state index contributed by atoms with van der Waals surface area (Å²) in [6.45, 7) is 5.41. The number of fused-ring (bicyclic) bond motifs is 1. The van der Waals surface area contributed by atoms with E-state index in [9.17, 15) is 4.79 Å². The van der Waals surface area contributed by atoms with E-state index in [0.29, 0.717) is 23.3 Å². The van der Waals surface area contributed by atoms with E-state index in [1.54, 1.807) is 0 Å². The smallest absolute Gasteiger partial charge is 0.236 e. The number of carbonyl (C=O) groups excluding carboxylic acids is 1. The standard InChI is InChI=1S/C24H27N5O3S/c1-17(23(30)29-14-12-28(13-15-29)18-8-4-3-5-9-18)33-24-26-25-22(27(24)2)21-16-31-19-10-6-7-11-20(19)32-21/h3-11,17,21H,12-16H2,1-2H3. The summed E-state index contributed by atoms with van der Waals surface area (Å²) >= 11 is 1.43. The molecule has 172 valence electrons. The van der Waals surface area contributed by atoms with E-state index in [0.717, 1.165) is 31.9 Å². The molecule has 1 saturated heterocycles. The Morgan fingerprint density at radius 1 is 1.00 bits per heavy atom. The van der Waals surface area contributed by atoms with Crippen LogP contribution in [0.3, 0.4) is 0 Å². The van der Waals surface area contributed by atoms with Crippen molar-refractivity contribution in [2.24, 2.45) is 7.05 Å². The quantitative estimate of drug-likeness (QED) is 0.536. The summed E-state index contributed by atoms with van der Waals surface area (Å²) in [5.41, 5.74) is 1.20. The number of thioether (sulfide) groups is 1. The van der Waals surface area contributed by atoms with Crippen molar-refractivity contribution in [1.29, 1.82) is 0 Å². The third-order valence-corrected chi connectivity index (χ3v) is 7.13. The van der Waals surface area contributed by atoms with E-state index >= 15 is 0 Å². The van der Waals surface area contributed by atoms with Crippen LogP contribution in [0.15, 0.2) is 59.8 Å². The largest absolute Gasteiger partial charge is 0.485 e. The second-order valence-electron chi connectivity index (χ2n) is 8.17. The maximum atomic E-state index is 13.1. The van der Waals surface area contributed by atoms with Gasteiger partial charge in [-0.05, 0) is 31.2 Å². The summed E-state index contributed by atoms with van der Waals surface area (Å²) in [4.78, 5) is 17.4. The molecule has 1 aromatic heterocycles. The van der Waals surface area contributed by atoms with Crippen LogP contribution in [0.2, 0.25) is 0 Å². The number of carbonyl (C=O) groups is 1. The fourth-order valence-electron chi connectivity index (χ4n) is 4.15. The van der Waals surface area contributed by atoms with Gasteiger partial charge in [0, 0.05) is 38.9 Å². The lowest BCUT2D eigenvalue weighted by Crippen LogP contribution is -2.50. The van der Waals surface area contributed by atoms with Crippen molar-refractivity contribution in [3.63, 3.8) is 0 Å². The molecular formula is C24H27N5O3S. The van der Waals surface area contributed by atoms with E-state index in [-0.39, 0.29) is 17.3 Å². The average Bonchev–Trinajstić information content (AvgIpc) is 3.23. The van der Waals surface area contributed by atoms with Gasteiger partial charge in [-0.2, -0.15) is 0 Å². The van der Waals surface area contributed by atoms with Gasteiger partial charge in [-0.15, -0.1) is 10.2 Å². The zero-order valence-electron chi connectivity index (χ0n) is 18.8. The molecule has 0 bridgehead atoms. The number of nitrogens with zero attached hydrogens (tertiary/aromatic N) is 5. The minimum absolute atomic E-state index is 0.128. The second kappa shape index (κ2) is 9.35. The van der Waals surface area contributed by atoms with Crippen LogP contribution < -0.4 is 14.4 Å². The molecule has 1 amide bonds. The molecule has 3 aromatic rings. The Hall–Kier alpha value is -3.20. The van der Waals surface area contributed by atoms with E-state index in [1.807, 2.05) is 65.9 Å². The van der Waals surface area contributed by atoms with Crippen molar-refractivity contribution in [3.05, 3.63) is 60.4 Å². The monoisotopic (exact) mass is 465 g/mol. The van der Waals surface area contributed by atoms with Crippen LogP contribution in [-0.2, 0) is 11.8 Å². The lowest BCUT2D eigenvalue weighted by Gasteiger charge is -2.37. The lowest BCUT2D eigenvalue weighted by molar-refractivity contribution is -0.130. The highest BCUT2D eigenvalue weighted by Gasteiger charge is 2.30. The molecule has 2 aromatic carbocycles. The zero-order valence-corrected chi connectivity index (χ0v) is 19.6. The summed E-state index contributed by atoms with van der Waals surface area (Å²) in [5.74, 6) is 2.24. The van der Waals surface area contributed by atoms with Gasteiger partial charge in [0.1, 0.15) is 6.61 Å². The molecule has 9 heteroatoms. The van der Waals surface area contributed by atoms with Crippen LogP contribution >= 0.6 is 11.8 Å². The van der Waals surface area contributed by atoms with Crippen molar-refractivity contribution in [3.8, 4) is 11.5 Å². The molecule has 2 unspecified atom stereocenters. The Morgan fingerprint density at radius 3 is 2.45 bits per heavy atom. The third-order valence-electron chi connectivity index (χ3n) is 6.01. The third kappa shape index (κ3) is 4.50. The number of benzene rings is 2. The maximum Gasteiger partial charge on any atom is 0.236 e. The first-order valence-corrected chi connectivity index (χ1v) is 12.0. The highest BCUT2D eigenvalue weighted by atomic mass is 32.2. The Bertz CT molecular complexity index is 1110. The van der Waals surface area contributed by atoms with Crippen LogP contribution in [0.25, 0.3) is 0 Å². The van der Waals surface area contributed by atoms with Crippen molar-refractivity contribution in [1.82, 2.24) is 19.7 Å². The topological polar surface area (TPSA) is 72.7 Å². The number of piperazine rings is 1. The molecule has 5 rings (SSSR count). The molecule has 0 radical (unpaired) electrons. The maximum absolute atomic E-state index is 13.1. The van der Waals surface area contributed by atoms with Gasteiger partial charge in [-0.25, -0.2) is 0 Å². The number of aromatic nitrogens is 3. The first-order chi connectivity index (χ1) is 16.1. The van der Waals surface area contributed by atoms with Crippen molar-refractivity contribution >= 4 is 23.4 Å². The van der Waals surface area contributed by atoms with Gasteiger partial charge in [0.25, 0.3) is 0 Å². The summed E-state index contributed by atoms with van der Waals surface area (Å²) in [6, 6.07) is 17.9. The Kier molecular flexibility index (Phi) is 6.13. The summed E-state index contributed by atoms with van der Waals surface area (Å²) < 4.78 is 13.8. The molecule has 33 heavy (non-hydrogen) atoms. The Labute approximate surface area is 197 Å². The molecule has 0 spiro atoms. The first kappa shape index (κ1) is 21.6. The zero-order chi connectivity index (χ0) is 22.8. The van der Waals surface area contributed by atoms with Gasteiger partial charge >= 0.3 is 0 Å².